The summed E-state index contributed by atoms with van der Waals surface area (Å²) in [7, 11) is -3.76. The van der Waals surface area contributed by atoms with Crippen molar-refractivity contribution in [2.75, 3.05) is 23.7 Å². The van der Waals surface area contributed by atoms with Crippen molar-refractivity contribution in [2.24, 2.45) is 0 Å². The van der Waals surface area contributed by atoms with E-state index < -0.39 is 28.5 Å². The second-order valence-corrected chi connectivity index (χ2v) is 10.6. The van der Waals surface area contributed by atoms with Crippen LogP contribution in [0, 0.1) is 0 Å². The van der Waals surface area contributed by atoms with Crippen LogP contribution in [0.2, 0.25) is 5.02 Å². The Morgan fingerprint density at radius 1 is 1.09 bits per heavy atom. The van der Waals surface area contributed by atoms with Gasteiger partial charge in [0.05, 0.1) is 11.9 Å². The predicted molar refractivity (Wildman–Crippen MR) is 137 cm³/mol. The van der Waals surface area contributed by atoms with E-state index >= 15 is 0 Å². The molecule has 2 rings (SSSR count). The summed E-state index contributed by atoms with van der Waals surface area (Å²) >= 11 is 6.12. The van der Waals surface area contributed by atoms with E-state index in [4.69, 9.17) is 11.6 Å². The van der Waals surface area contributed by atoms with Crippen LogP contribution in [0.25, 0.3) is 0 Å². The van der Waals surface area contributed by atoms with E-state index in [2.05, 4.69) is 5.32 Å². The van der Waals surface area contributed by atoms with E-state index in [-0.39, 0.29) is 12.5 Å². The zero-order valence-electron chi connectivity index (χ0n) is 20.3. The van der Waals surface area contributed by atoms with Crippen LogP contribution in [0.3, 0.4) is 0 Å². The van der Waals surface area contributed by atoms with E-state index in [1.54, 1.807) is 37.3 Å². The number of para-hydroxylation sites is 1. The number of nitrogens with one attached hydrogen (secondary N) is 1. The highest BCUT2D eigenvalue weighted by Crippen LogP contribution is 2.24. The van der Waals surface area contributed by atoms with Crippen LogP contribution in [0.15, 0.2) is 48.5 Å². The highest BCUT2D eigenvalue weighted by atomic mass is 35.5. The first-order valence-electron chi connectivity index (χ1n) is 11.5. The fraction of sp³-hybridized carbons (Fsp3) is 0.440. The van der Waals surface area contributed by atoms with Gasteiger partial charge in [0.1, 0.15) is 12.6 Å². The van der Waals surface area contributed by atoms with Gasteiger partial charge >= 0.3 is 0 Å². The second-order valence-electron chi connectivity index (χ2n) is 8.22. The van der Waals surface area contributed by atoms with Crippen molar-refractivity contribution < 1.29 is 18.0 Å². The summed E-state index contributed by atoms with van der Waals surface area (Å²) in [5.74, 6) is -0.766. The number of carbonyl (C=O) groups excluding carboxylic acids is 2. The van der Waals surface area contributed by atoms with Crippen molar-refractivity contribution in [3.8, 4) is 0 Å². The lowest BCUT2D eigenvalue weighted by Gasteiger charge is -2.32. The van der Waals surface area contributed by atoms with Crippen molar-refractivity contribution in [3.63, 3.8) is 0 Å². The Morgan fingerprint density at radius 2 is 1.79 bits per heavy atom. The fourth-order valence-electron chi connectivity index (χ4n) is 3.60. The SMILES string of the molecule is CCCCNC(=O)C(C)N(Cc1cccc(Cl)c1)C(=O)CN(c1ccccc1CC)S(C)(=O)=O. The van der Waals surface area contributed by atoms with E-state index in [1.807, 2.05) is 32.0 Å². The molecule has 0 saturated carbocycles. The van der Waals surface area contributed by atoms with Gasteiger partial charge in [0, 0.05) is 18.1 Å². The summed E-state index contributed by atoms with van der Waals surface area (Å²) in [6, 6.07) is 13.3. The molecule has 2 amide bonds. The van der Waals surface area contributed by atoms with Gasteiger partial charge in [-0.05, 0) is 49.1 Å². The van der Waals surface area contributed by atoms with Gasteiger partial charge in [-0.3, -0.25) is 13.9 Å². The molecule has 0 aliphatic rings. The van der Waals surface area contributed by atoms with Gasteiger partial charge < -0.3 is 10.2 Å². The number of anilines is 1. The summed E-state index contributed by atoms with van der Waals surface area (Å²) in [6.07, 6.45) is 3.45. The predicted octanol–water partition coefficient (Wildman–Crippen LogP) is 4.00. The smallest absolute Gasteiger partial charge is 0.244 e. The zero-order valence-corrected chi connectivity index (χ0v) is 21.8. The summed E-state index contributed by atoms with van der Waals surface area (Å²) in [5, 5.41) is 3.37. The highest BCUT2D eigenvalue weighted by Gasteiger charge is 2.30. The highest BCUT2D eigenvalue weighted by molar-refractivity contribution is 7.92. The van der Waals surface area contributed by atoms with E-state index in [0.717, 1.165) is 34.5 Å². The molecule has 0 aromatic heterocycles. The lowest BCUT2D eigenvalue weighted by atomic mass is 10.1. The molecular weight excluding hydrogens is 474 g/mol. The molecular formula is C25H34ClN3O4S. The van der Waals surface area contributed by atoms with Crippen LogP contribution in [-0.2, 0) is 32.6 Å². The van der Waals surface area contributed by atoms with E-state index in [9.17, 15) is 18.0 Å². The lowest BCUT2D eigenvalue weighted by Crippen LogP contribution is -2.51. The first-order valence-corrected chi connectivity index (χ1v) is 13.7. The van der Waals surface area contributed by atoms with Crippen LogP contribution in [0.4, 0.5) is 5.69 Å². The van der Waals surface area contributed by atoms with Crippen molar-refractivity contribution >= 4 is 39.1 Å². The summed E-state index contributed by atoms with van der Waals surface area (Å²) in [5.41, 5.74) is 2.02. The maximum Gasteiger partial charge on any atom is 0.244 e. The van der Waals surface area contributed by atoms with Gasteiger partial charge in [-0.1, -0.05) is 62.2 Å². The van der Waals surface area contributed by atoms with Crippen LogP contribution in [0.5, 0.6) is 0 Å². The number of amides is 2. The molecule has 2 aromatic carbocycles. The van der Waals surface area contributed by atoms with Gasteiger partial charge in [-0.15, -0.1) is 0 Å². The lowest BCUT2D eigenvalue weighted by molar-refractivity contribution is -0.139. The van der Waals surface area contributed by atoms with Crippen LogP contribution in [-0.4, -0.2) is 50.5 Å². The second kappa shape index (κ2) is 12.8. The maximum atomic E-state index is 13.5. The van der Waals surface area contributed by atoms with Crippen LogP contribution in [0.1, 0.15) is 44.7 Å². The van der Waals surface area contributed by atoms with Gasteiger partial charge in [-0.25, -0.2) is 8.42 Å². The van der Waals surface area contributed by atoms with E-state index in [1.165, 1.54) is 4.90 Å². The number of hydrogen-bond acceptors (Lipinski definition) is 4. The molecule has 0 saturated heterocycles. The minimum absolute atomic E-state index is 0.120. The molecule has 1 atom stereocenters. The van der Waals surface area contributed by atoms with Crippen molar-refractivity contribution in [3.05, 3.63) is 64.7 Å². The monoisotopic (exact) mass is 507 g/mol. The summed E-state index contributed by atoms with van der Waals surface area (Å²) in [6.45, 7) is 5.82. The third-order valence-electron chi connectivity index (χ3n) is 5.56. The number of sulfonamides is 1. The Hall–Kier alpha value is -2.58. The van der Waals surface area contributed by atoms with Crippen molar-refractivity contribution in [1.29, 1.82) is 0 Å². The molecule has 9 heteroatoms. The van der Waals surface area contributed by atoms with Gasteiger partial charge in [0.25, 0.3) is 0 Å². The number of aryl methyl sites for hydroxylation is 1. The minimum Gasteiger partial charge on any atom is -0.354 e. The van der Waals surface area contributed by atoms with E-state index in [0.29, 0.717) is 23.7 Å². The van der Waals surface area contributed by atoms with Gasteiger partial charge in [0.2, 0.25) is 21.8 Å². The average molecular weight is 508 g/mol. The van der Waals surface area contributed by atoms with Crippen molar-refractivity contribution in [2.45, 2.75) is 52.6 Å². The van der Waals surface area contributed by atoms with Gasteiger partial charge in [-0.2, -0.15) is 0 Å². The molecule has 0 spiro atoms. The standard InChI is InChI=1S/C25H34ClN3O4S/c1-5-7-15-27-25(31)19(3)28(17-20-11-10-13-22(26)16-20)24(30)18-29(34(4,32)33)23-14-9-8-12-21(23)6-2/h8-14,16,19H,5-7,15,17-18H2,1-4H3,(H,27,31). The number of hydrogen-bond donors (Lipinski definition) is 1. The zero-order chi connectivity index (χ0) is 25.3. The third kappa shape index (κ3) is 7.74. The number of carbonyl (C=O) groups is 2. The third-order valence-corrected chi connectivity index (χ3v) is 6.92. The first-order chi connectivity index (χ1) is 16.1. The number of benzene rings is 2. The molecule has 186 valence electrons. The first kappa shape index (κ1) is 27.7. The van der Waals surface area contributed by atoms with Crippen LogP contribution < -0.4 is 9.62 Å². The molecule has 7 nitrogen and oxygen atoms in total. The largest absolute Gasteiger partial charge is 0.354 e. The molecule has 0 bridgehead atoms. The topological polar surface area (TPSA) is 86.8 Å². The quantitative estimate of drug-likeness (QED) is 0.440. The Labute approximate surface area is 208 Å². The van der Waals surface area contributed by atoms with Crippen molar-refractivity contribution in [1.82, 2.24) is 10.2 Å². The number of halogens is 1. The van der Waals surface area contributed by atoms with Gasteiger partial charge in [0.15, 0.2) is 0 Å². The molecule has 0 aliphatic heterocycles. The normalized spacial score (nSPS) is 12.1. The average Bonchev–Trinajstić information content (AvgIpc) is 2.79. The molecule has 0 fully saturated rings. The number of rotatable bonds is 12. The summed E-state index contributed by atoms with van der Waals surface area (Å²) in [4.78, 5) is 27.8. The Bertz CT molecular complexity index is 1090. The molecule has 34 heavy (non-hydrogen) atoms. The Kier molecular flexibility index (Phi) is 10.4. The Balaban J connectivity index is 2.38. The molecule has 1 N–H and O–H groups in total. The molecule has 1 unspecified atom stereocenters. The Morgan fingerprint density at radius 3 is 2.41 bits per heavy atom. The number of nitrogens with zero attached hydrogens (tertiary/aromatic N) is 2. The summed E-state index contributed by atoms with van der Waals surface area (Å²) < 4.78 is 26.5. The number of unbranched alkanes of at least 4 members (excludes halogenated alkanes) is 1. The molecule has 2 aromatic rings. The molecule has 0 radical (unpaired) electrons. The maximum absolute atomic E-state index is 13.5. The molecule has 0 heterocycles. The minimum atomic E-state index is -3.76. The fourth-order valence-corrected chi connectivity index (χ4v) is 4.69. The molecule has 0 aliphatic carbocycles. The van der Waals surface area contributed by atoms with Crippen LogP contribution >= 0.6 is 11.6 Å².